The van der Waals surface area contributed by atoms with Gasteiger partial charge in [-0.05, 0) is 37.1 Å². The SMILES string of the molecule is CO/N=C/[C@@H](F)[C@H](OCc1ccc(C)cc1)[C@@H](COCc1ccc(C)cc1)OS(=O)(=O)c1cc(Cl)c(Cl)cc1Cl. The Bertz CT molecular complexity index is 1390. The van der Waals surface area contributed by atoms with Crippen LogP contribution < -0.4 is 0 Å². The number of benzene rings is 3. The lowest BCUT2D eigenvalue weighted by Gasteiger charge is -2.28. The molecule has 3 aromatic rings. The van der Waals surface area contributed by atoms with E-state index in [2.05, 4.69) is 9.99 Å². The van der Waals surface area contributed by atoms with Crippen LogP contribution >= 0.6 is 34.8 Å². The van der Waals surface area contributed by atoms with E-state index in [1.165, 1.54) is 13.2 Å². The molecule has 0 fully saturated rings. The average Bonchev–Trinajstić information content (AvgIpc) is 2.91. The molecule has 12 heteroatoms. The maximum absolute atomic E-state index is 15.5. The average molecular weight is 633 g/mol. The fourth-order valence-electron chi connectivity index (χ4n) is 3.55. The molecule has 0 radical (unpaired) electrons. The first kappa shape index (κ1) is 32.3. The van der Waals surface area contributed by atoms with Crippen molar-refractivity contribution in [3.63, 3.8) is 0 Å². The molecule has 3 atom stereocenters. The molecule has 0 aliphatic rings. The van der Waals surface area contributed by atoms with Crippen molar-refractivity contribution in [3.05, 3.63) is 98.0 Å². The Kier molecular flexibility index (Phi) is 12.2. The molecule has 0 amide bonds. The van der Waals surface area contributed by atoms with Crippen LogP contribution in [0.2, 0.25) is 15.1 Å². The number of ether oxygens (including phenoxy) is 2. The second kappa shape index (κ2) is 15.1. The van der Waals surface area contributed by atoms with E-state index < -0.39 is 33.4 Å². The first-order valence-corrected chi connectivity index (χ1v) is 14.6. The molecule has 0 bridgehead atoms. The number of rotatable bonds is 14. The molecule has 0 heterocycles. The maximum Gasteiger partial charge on any atom is 0.298 e. The Morgan fingerprint density at radius 3 is 2.00 bits per heavy atom. The molecule has 0 N–H and O–H groups in total. The normalized spacial score (nSPS) is 14.3. The van der Waals surface area contributed by atoms with E-state index in [-0.39, 0.29) is 34.9 Å². The van der Waals surface area contributed by atoms with Crippen LogP contribution in [0.4, 0.5) is 4.39 Å². The van der Waals surface area contributed by atoms with Gasteiger partial charge in [0.1, 0.15) is 24.2 Å². The van der Waals surface area contributed by atoms with Crippen molar-refractivity contribution in [2.24, 2.45) is 5.16 Å². The fraction of sp³-hybridized carbons (Fsp3) is 0.321. The number of nitrogens with zero attached hydrogens (tertiary/aromatic N) is 1. The number of halogens is 4. The smallest absolute Gasteiger partial charge is 0.298 e. The fourth-order valence-corrected chi connectivity index (χ4v) is 5.60. The van der Waals surface area contributed by atoms with E-state index in [0.29, 0.717) is 0 Å². The molecule has 0 unspecified atom stereocenters. The third kappa shape index (κ3) is 9.41. The summed E-state index contributed by atoms with van der Waals surface area (Å²) in [6, 6.07) is 17.2. The van der Waals surface area contributed by atoms with E-state index >= 15 is 4.39 Å². The first-order valence-electron chi connectivity index (χ1n) is 12.1. The molecule has 0 saturated heterocycles. The molecule has 0 aromatic heterocycles. The van der Waals surface area contributed by atoms with Crippen molar-refractivity contribution < 1.29 is 31.3 Å². The molecule has 40 heavy (non-hydrogen) atoms. The van der Waals surface area contributed by atoms with Gasteiger partial charge in [0, 0.05) is 0 Å². The zero-order chi connectivity index (χ0) is 29.3. The number of aryl methyl sites for hydroxylation is 2. The molecule has 3 aromatic carbocycles. The quantitative estimate of drug-likeness (QED) is 0.0815. The van der Waals surface area contributed by atoms with Crippen LogP contribution in [0.1, 0.15) is 22.3 Å². The van der Waals surface area contributed by atoms with E-state index in [4.69, 9.17) is 48.5 Å². The Labute approximate surface area is 248 Å². The molecular weight excluding hydrogens is 604 g/mol. The van der Waals surface area contributed by atoms with Gasteiger partial charge >= 0.3 is 0 Å². The summed E-state index contributed by atoms with van der Waals surface area (Å²) in [4.78, 5) is 4.18. The number of hydrogen-bond acceptors (Lipinski definition) is 7. The Hall–Kier alpha value is -2.24. The Morgan fingerprint density at radius 2 is 1.43 bits per heavy atom. The molecule has 0 spiro atoms. The summed E-state index contributed by atoms with van der Waals surface area (Å²) >= 11 is 18.2. The summed E-state index contributed by atoms with van der Waals surface area (Å²) in [6.45, 7) is 3.60. The summed E-state index contributed by atoms with van der Waals surface area (Å²) in [7, 11) is -3.34. The van der Waals surface area contributed by atoms with Gasteiger partial charge in [0.2, 0.25) is 0 Å². The predicted molar refractivity (Wildman–Crippen MR) is 155 cm³/mol. The van der Waals surface area contributed by atoms with E-state index in [1.807, 2.05) is 62.4 Å². The van der Waals surface area contributed by atoms with Gasteiger partial charge in [-0.25, -0.2) is 4.39 Å². The maximum atomic E-state index is 15.5. The van der Waals surface area contributed by atoms with Crippen molar-refractivity contribution in [1.82, 2.24) is 0 Å². The highest BCUT2D eigenvalue weighted by Crippen LogP contribution is 2.33. The van der Waals surface area contributed by atoms with Gasteiger partial charge in [-0.1, -0.05) is 99.6 Å². The van der Waals surface area contributed by atoms with E-state index in [9.17, 15) is 8.42 Å². The van der Waals surface area contributed by atoms with Crippen LogP contribution in [0, 0.1) is 13.8 Å². The molecule has 0 aliphatic carbocycles. The minimum Gasteiger partial charge on any atom is -0.399 e. The van der Waals surface area contributed by atoms with Crippen molar-refractivity contribution in [2.75, 3.05) is 13.7 Å². The lowest BCUT2D eigenvalue weighted by Crippen LogP contribution is -2.44. The second-order valence-corrected chi connectivity index (χ2v) is 11.7. The third-order valence-corrected chi connectivity index (χ3v) is 8.24. The number of oxime groups is 1. The zero-order valence-corrected chi connectivity index (χ0v) is 25.1. The number of hydrogen-bond donors (Lipinski definition) is 0. The highest BCUT2D eigenvalue weighted by molar-refractivity contribution is 7.87. The summed E-state index contributed by atoms with van der Waals surface area (Å²) in [5.74, 6) is 0. The van der Waals surface area contributed by atoms with Gasteiger partial charge < -0.3 is 14.3 Å². The van der Waals surface area contributed by atoms with Crippen LogP contribution in [-0.2, 0) is 41.8 Å². The molecular formula is C28H29Cl3FNO6S. The van der Waals surface area contributed by atoms with Gasteiger partial charge in [0.05, 0.1) is 41.1 Å². The molecule has 3 rings (SSSR count). The summed E-state index contributed by atoms with van der Waals surface area (Å²) < 4.78 is 59.4. The summed E-state index contributed by atoms with van der Waals surface area (Å²) in [5, 5.41) is 3.28. The molecule has 216 valence electrons. The van der Waals surface area contributed by atoms with Gasteiger partial charge in [0.25, 0.3) is 10.1 Å². The molecule has 7 nitrogen and oxygen atoms in total. The van der Waals surface area contributed by atoms with Crippen LogP contribution in [-0.4, -0.2) is 46.7 Å². The Morgan fingerprint density at radius 1 is 0.875 bits per heavy atom. The minimum absolute atomic E-state index is 0.0441. The van der Waals surface area contributed by atoms with E-state index in [0.717, 1.165) is 34.5 Å². The van der Waals surface area contributed by atoms with Crippen molar-refractivity contribution >= 4 is 51.1 Å². The lowest BCUT2D eigenvalue weighted by atomic mass is 10.1. The largest absolute Gasteiger partial charge is 0.399 e. The third-order valence-electron chi connectivity index (χ3n) is 5.72. The van der Waals surface area contributed by atoms with Crippen LogP contribution in [0.25, 0.3) is 0 Å². The number of alkyl halides is 1. The highest BCUT2D eigenvalue weighted by atomic mass is 35.5. The van der Waals surface area contributed by atoms with Crippen molar-refractivity contribution in [2.45, 2.75) is 50.3 Å². The van der Waals surface area contributed by atoms with E-state index in [1.54, 1.807) is 0 Å². The summed E-state index contributed by atoms with van der Waals surface area (Å²) in [5.41, 5.74) is 3.67. The summed E-state index contributed by atoms with van der Waals surface area (Å²) in [6.07, 6.45) is -4.02. The lowest BCUT2D eigenvalue weighted by molar-refractivity contribution is -0.0854. The van der Waals surface area contributed by atoms with Crippen molar-refractivity contribution in [1.29, 1.82) is 0 Å². The van der Waals surface area contributed by atoms with Crippen molar-refractivity contribution in [3.8, 4) is 0 Å². The zero-order valence-electron chi connectivity index (χ0n) is 22.0. The molecule has 0 aliphatic heterocycles. The minimum atomic E-state index is -4.60. The Balaban J connectivity index is 1.92. The van der Waals surface area contributed by atoms with Gasteiger partial charge in [-0.2, -0.15) is 8.42 Å². The standard InChI is InChI=1S/C28H29Cl3FNO6S/c1-18-4-8-20(9-5-18)15-37-17-26(39-40(34,35)27-13-23(30)22(29)12-24(27)31)28(25(32)14-33-36-3)38-16-21-10-6-19(2)7-11-21/h4-14,25-26,28H,15-17H2,1-3H3/b33-14+/t25-,26-,28+/m1/s1. The highest BCUT2D eigenvalue weighted by Gasteiger charge is 2.36. The van der Waals surface area contributed by atoms with Crippen LogP contribution in [0.3, 0.4) is 0 Å². The second-order valence-electron chi connectivity index (χ2n) is 8.93. The van der Waals surface area contributed by atoms with Gasteiger partial charge in [0.15, 0.2) is 6.17 Å². The monoisotopic (exact) mass is 631 g/mol. The van der Waals surface area contributed by atoms with Crippen LogP contribution in [0.5, 0.6) is 0 Å². The predicted octanol–water partition coefficient (Wildman–Crippen LogP) is 7.11. The first-order chi connectivity index (χ1) is 19.0. The topological polar surface area (TPSA) is 83.4 Å². The van der Waals surface area contributed by atoms with Gasteiger partial charge in [-0.15, -0.1) is 0 Å². The molecule has 0 saturated carbocycles. The van der Waals surface area contributed by atoms with Crippen LogP contribution in [0.15, 0.2) is 70.7 Å². The van der Waals surface area contributed by atoms with Gasteiger partial charge in [-0.3, -0.25) is 4.18 Å².